The van der Waals surface area contributed by atoms with Crippen LogP contribution in [-0.4, -0.2) is 81.8 Å². The highest BCUT2D eigenvalue weighted by Gasteiger charge is 2.34. The molecule has 0 bridgehead atoms. The molecule has 1 fully saturated rings. The van der Waals surface area contributed by atoms with E-state index in [1.165, 1.54) is 38.2 Å². The van der Waals surface area contributed by atoms with Crippen molar-refractivity contribution in [2.24, 2.45) is 11.8 Å². The number of anilines is 1. The van der Waals surface area contributed by atoms with Crippen LogP contribution in [0, 0.1) is 11.8 Å². The highest BCUT2D eigenvalue weighted by atomic mass is 32.2. The SMILES string of the molecule is COc1ccc(S(=O)(=O)Nc2ccc3c(c2)C(=O)N([C@@H](C)CO)C[C@@H](C)[C@@H](CN(C)CC2CC2)O3)cc1. The highest BCUT2D eigenvalue weighted by Crippen LogP contribution is 2.33. The van der Waals surface area contributed by atoms with E-state index in [1.54, 1.807) is 36.1 Å². The Morgan fingerprint density at radius 2 is 1.89 bits per heavy atom. The Morgan fingerprint density at radius 1 is 1.19 bits per heavy atom. The Labute approximate surface area is 219 Å². The van der Waals surface area contributed by atoms with Crippen LogP contribution in [0.4, 0.5) is 5.69 Å². The van der Waals surface area contributed by atoms with Crippen LogP contribution < -0.4 is 14.2 Å². The second-order valence-corrected chi connectivity index (χ2v) is 12.0. The third-order valence-corrected chi connectivity index (χ3v) is 8.44. The number of amides is 1. The summed E-state index contributed by atoms with van der Waals surface area (Å²) in [5.74, 6) is 1.42. The van der Waals surface area contributed by atoms with Crippen LogP contribution in [0.25, 0.3) is 0 Å². The van der Waals surface area contributed by atoms with Crippen LogP contribution in [0.2, 0.25) is 0 Å². The number of carbonyl (C=O) groups excluding carboxylic acids is 1. The molecule has 0 unspecified atom stereocenters. The van der Waals surface area contributed by atoms with Crippen LogP contribution in [-0.2, 0) is 10.0 Å². The van der Waals surface area contributed by atoms with Gasteiger partial charge in [0.25, 0.3) is 15.9 Å². The molecule has 37 heavy (non-hydrogen) atoms. The first kappa shape index (κ1) is 27.2. The quantitative estimate of drug-likeness (QED) is 0.485. The summed E-state index contributed by atoms with van der Waals surface area (Å²) in [6, 6.07) is 10.4. The number of carbonyl (C=O) groups is 1. The number of rotatable bonds is 10. The van der Waals surface area contributed by atoms with Gasteiger partial charge in [-0.25, -0.2) is 8.42 Å². The van der Waals surface area contributed by atoms with Gasteiger partial charge < -0.3 is 24.4 Å². The molecular weight excluding hydrogens is 494 g/mol. The molecule has 9 nitrogen and oxygen atoms in total. The van der Waals surface area contributed by atoms with Gasteiger partial charge in [0.15, 0.2) is 0 Å². The number of hydrogen-bond acceptors (Lipinski definition) is 7. The maximum Gasteiger partial charge on any atom is 0.261 e. The van der Waals surface area contributed by atoms with Crippen molar-refractivity contribution in [3.63, 3.8) is 0 Å². The maximum absolute atomic E-state index is 13.6. The van der Waals surface area contributed by atoms with Crippen LogP contribution in [0.5, 0.6) is 11.5 Å². The molecule has 4 rings (SSSR count). The number of sulfonamides is 1. The lowest BCUT2D eigenvalue weighted by Crippen LogP contribution is -2.50. The molecule has 0 saturated heterocycles. The molecule has 3 atom stereocenters. The van der Waals surface area contributed by atoms with Crippen molar-refractivity contribution in [3.8, 4) is 11.5 Å². The van der Waals surface area contributed by atoms with Crippen molar-refractivity contribution in [2.75, 3.05) is 45.1 Å². The van der Waals surface area contributed by atoms with Crippen molar-refractivity contribution in [2.45, 2.75) is 43.7 Å². The molecule has 0 radical (unpaired) electrons. The molecule has 2 aromatic rings. The summed E-state index contributed by atoms with van der Waals surface area (Å²) in [5.41, 5.74) is 0.510. The number of aliphatic hydroxyl groups excluding tert-OH is 1. The summed E-state index contributed by atoms with van der Waals surface area (Å²) in [4.78, 5) is 17.6. The topological polar surface area (TPSA) is 108 Å². The molecule has 1 heterocycles. The van der Waals surface area contributed by atoms with Gasteiger partial charge in [-0.05, 0) is 75.2 Å². The van der Waals surface area contributed by atoms with Crippen molar-refractivity contribution >= 4 is 21.6 Å². The molecule has 1 amide bonds. The molecule has 2 aliphatic rings. The van der Waals surface area contributed by atoms with E-state index < -0.39 is 16.1 Å². The lowest BCUT2D eigenvalue weighted by molar-refractivity contribution is 0.0344. The van der Waals surface area contributed by atoms with Crippen molar-refractivity contribution in [3.05, 3.63) is 48.0 Å². The van der Waals surface area contributed by atoms with Crippen LogP contribution in [0.1, 0.15) is 37.0 Å². The predicted molar refractivity (Wildman–Crippen MR) is 142 cm³/mol. The fourth-order valence-corrected chi connectivity index (χ4v) is 5.65. The van der Waals surface area contributed by atoms with E-state index in [1.807, 2.05) is 0 Å². The van der Waals surface area contributed by atoms with Crippen LogP contribution >= 0.6 is 0 Å². The molecule has 0 spiro atoms. The number of fused-ring (bicyclic) bond motifs is 1. The molecule has 1 saturated carbocycles. The lowest BCUT2D eigenvalue weighted by Gasteiger charge is -2.38. The number of methoxy groups -OCH3 is 1. The average Bonchev–Trinajstić information content (AvgIpc) is 3.69. The zero-order valence-electron chi connectivity index (χ0n) is 21.9. The summed E-state index contributed by atoms with van der Waals surface area (Å²) < 4.78 is 40.0. The van der Waals surface area contributed by atoms with Crippen LogP contribution in [0.3, 0.4) is 0 Å². The van der Waals surface area contributed by atoms with E-state index in [4.69, 9.17) is 9.47 Å². The smallest absolute Gasteiger partial charge is 0.261 e. The minimum atomic E-state index is -3.89. The van der Waals surface area contributed by atoms with Gasteiger partial charge in [-0.3, -0.25) is 9.52 Å². The van der Waals surface area contributed by atoms with Gasteiger partial charge in [-0.15, -0.1) is 0 Å². The molecule has 1 aliphatic carbocycles. The van der Waals surface area contributed by atoms with E-state index in [0.717, 1.165) is 12.5 Å². The third-order valence-electron chi connectivity index (χ3n) is 7.05. The number of benzene rings is 2. The normalized spacial score (nSPS) is 21.0. The number of ether oxygens (including phenoxy) is 2. The molecule has 10 heteroatoms. The number of hydrogen-bond donors (Lipinski definition) is 2. The van der Waals surface area contributed by atoms with Gasteiger partial charge in [-0.2, -0.15) is 0 Å². The second kappa shape index (κ2) is 11.3. The summed E-state index contributed by atoms with van der Waals surface area (Å²) in [5, 5.41) is 9.86. The Balaban J connectivity index is 1.63. The summed E-state index contributed by atoms with van der Waals surface area (Å²) >= 11 is 0. The second-order valence-electron chi connectivity index (χ2n) is 10.3. The predicted octanol–water partition coefficient (Wildman–Crippen LogP) is 3.06. The van der Waals surface area contributed by atoms with E-state index in [0.29, 0.717) is 24.6 Å². The van der Waals surface area contributed by atoms with Gasteiger partial charge in [0.2, 0.25) is 0 Å². The first-order chi connectivity index (χ1) is 17.6. The fraction of sp³-hybridized carbons (Fsp3) is 0.519. The molecule has 2 aromatic carbocycles. The van der Waals surface area contributed by atoms with E-state index >= 15 is 0 Å². The van der Waals surface area contributed by atoms with Crippen molar-refractivity contribution in [1.29, 1.82) is 0 Å². The van der Waals surface area contributed by atoms with Gasteiger partial charge in [0, 0.05) is 31.2 Å². The minimum Gasteiger partial charge on any atom is -0.497 e. The number of likely N-dealkylation sites (N-methyl/N-ethyl adjacent to an activating group) is 1. The zero-order chi connectivity index (χ0) is 26.7. The highest BCUT2D eigenvalue weighted by molar-refractivity contribution is 7.92. The fourth-order valence-electron chi connectivity index (χ4n) is 4.60. The monoisotopic (exact) mass is 531 g/mol. The molecule has 1 aliphatic heterocycles. The molecule has 202 valence electrons. The Hall–Kier alpha value is -2.82. The molecular formula is C27H37N3O6S. The molecule has 2 N–H and O–H groups in total. The van der Waals surface area contributed by atoms with E-state index in [-0.39, 0.29) is 40.7 Å². The number of nitrogens with one attached hydrogen (secondary N) is 1. The Morgan fingerprint density at radius 3 is 2.51 bits per heavy atom. The Kier molecular flexibility index (Phi) is 8.30. The van der Waals surface area contributed by atoms with Gasteiger partial charge in [0.05, 0.1) is 30.2 Å². The first-order valence-corrected chi connectivity index (χ1v) is 14.2. The Bertz CT molecular complexity index is 1200. The number of nitrogens with zero attached hydrogens (tertiary/aromatic N) is 2. The summed E-state index contributed by atoms with van der Waals surface area (Å²) in [6.45, 7) is 5.83. The van der Waals surface area contributed by atoms with Gasteiger partial charge in [0.1, 0.15) is 17.6 Å². The summed E-state index contributed by atoms with van der Waals surface area (Å²) in [7, 11) is -0.294. The average molecular weight is 532 g/mol. The van der Waals surface area contributed by atoms with Gasteiger partial charge in [-0.1, -0.05) is 6.92 Å². The largest absolute Gasteiger partial charge is 0.497 e. The summed E-state index contributed by atoms with van der Waals surface area (Å²) in [6.07, 6.45) is 2.35. The molecule has 0 aromatic heterocycles. The van der Waals surface area contributed by atoms with E-state index in [2.05, 4.69) is 23.6 Å². The maximum atomic E-state index is 13.6. The first-order valence-electron chi connectivity index (χ1n) is 12.7. The standard InChI is InChI=1S/C27H37N3O6S/c1-18-14-30(19(2)17-31)27(32)24-13-21(28-37(33,34)23-10-8-22(35-4)9-11-23)7-12-25(24)36-26(18)16-29(3)15-20-5-6-20/h7-13,18-20,26,28,31H,5-6,14-17H2,1-4H3/t18-,19+,26-/m1/s1. The van der Waals surface area contributed by atoms with Gasteiger partial charge >= 0.3 is 0 Å². The lowest BCUT2D eigenvalue weighted by atomic mass is 9.99. The van der Waals surface area contributed by atoms with Crippen molar-refractivity contribution in [1.82, 2.24) is 9.80 Å². The zero-order valence-corrected chi connectivity index (χ0v) is 22.7. The minimum absolute atomic E-state index is 0.0287. The van der Waals surface area contributed by atoms with Crippen LogP contribution in [0.15, 0.2) is 47.4 Å². The number of aliphatic hydroxyl groups is 1. The van der Waals surface area contributed by atoms with E-state index in [9.17, 15) is 18.3 Å². The van der Waals surface area contributed by atoms with Crippen molar-refractivity contribution < 1.29 is 27.8 Å². The third kappa shape index (κ3) is 6.55.